The molecule has 5 rings (SSSR count). The Morgan fingerprint density at radius 1 is 1.10 bits per heavy atom. The van der Waals surface area contributed by atoms with Crippen LogP contribution in [0.25, 0.3) is 23.0 Å². The predicted molar refractivity (Wildman–Crippen MR) is 113 cm³/mol. The van der Waals surface area contributed by atoms with E-state index in [1.54, 1.807) is 11.7 Å². The highest BCUT2D eigenvalue weighted by Crippen LogP contribution is 2.26. The average Bonchev–Trinajstić information content (AvgIpc) is 3.47. The van der Waals surface area contributed by atoms with Crippen molar-refractivity contribution >= 4 is 17.4 Å². The molecule has 1 aliphatic rings. The molecule has 0 fully saturated rings. The van der Waals surface area contributed by atoms with E-state index < -0.39 is 0 Å². The first kappa shape index (κ1) is 17.6. The number of ether oxygens (including phenoxy) is 1. The standard InChI is InChI=1S/C22H18N4O2S/c1-28-18-9-7-15(8-10-18)20-16(14-26(24-20)17-5-3-2-4-6-17)13-19-21(27)25-12-11-23-22(25)29-19/h2-10,13-14H,11-12H2,1H3. The van der Waals surface area contributed by atoms with Gasteiger partial charge in [0.05, 0.1) is 23.9 Å². The van der Waals surface area contributed by atoms with Crippen molar-refractivity contribution in [3.05, 3.63) is 86.0 Å². The lowest BCUT2D eigenvalue weighted by Gasteiger charge is -2.02. The first-order valence-corrected chi connectivity index (χ1v) is 10.1. The van der Waals surface area contributed by atoms with E-state index in [2.05, 4.69) is 4.99 Å². The van der Waals surface area contributed by atoms with E-state index in [1.807, 2.05) is 71.6 Å². The van der Waals surface area contributed by atoms with Crippen LogP contribution in [-0.2, 0) is 6.54 Å². The highest BCUT2D eigenvalue weighted by Gasteiger charge is 2.14. The molecule has 0 saturated carbocycles. The molecule has 1 aliphatic heterocycles. The summed E-state index contributed by atoms with van der Waals surface area (Å²) in [5.74, 6) is 0.788. The van der Waals surface area contributed by atoms with Gasteiger partial charge < -0.3 is 4.74 Å². The SMILES string of the molecule is COc1ccc(-c2nn(-c3ccccc3)cc2C=c2sc3n(c2=O)CCN=3)cc1. The Balaban J connectivity index is 1.70. The molecule has 0 bridgehead atoms. The maximum absolute atomic E-state index is 12.7. The van der Waals surface area contributed by atoms with Gasteiger partial charge in [0, 0.05) is 23.9 Å². The molecule has 0 aliphatic carbocycles. The zero-order chi connectivity index (χ0) is 19.8. The average molecular weight is 402 g/mol. The van der Waals surface area contributed by atoms with Crippen molar-refractivity contribution in [1.82, 2.24) is 14.3 Å². The summed E-state index contributed by atoms with van der Waals surface area (Å²) in [6.07, 6.45) is 3.88. The van der Waals surface area contributed by atoms with E-state index in [1.165, 1.54) is 11.3 Å². The molecule has 3 heterocycles. The highest BCUT2D eigenvalue weighted by atomic mass is 32.1. The lowest BCUT2D eigenvalue weighted by molar-refractivity contribution is 0.415. The molecule has 29 heavy (non-hydrogen) atoms. The second-order valence-corrected chi connectivity index (χ2v) is 7.68. The van der Waals surface area contributed by atoms with Crippen LogP contribution in [0, 0.1) is 0 Å². The number of benzene rings is 2. The van der Waals surface area contributed by atoms with Crippen molar-refractivity contribution in [1.29, 1.82) is 0 Å². The number of methoxy groups -OCH3 is 1. The third-order valence-corrected chi connectivity index (χ3v) is 5.92. The number of hydrogen-bond acceptors (Lipinski definition) is 5. The molecule has 144 valence electrons. The first-order valence-electron chi connectivity index (χ1n) is 9.28. The lowest BCUT2D eigenvalue weighted by Crippen LogP contribution is -2.29. The van der Waals surface area contributed by atoms with E-state index in [-0.39, 0.29) is 5.56 Å². The van der Waals surface area contributed by atoms with Gasteiger partial charge in [-0.15, -0.1) is 0 Å². The van der Waals surface area contributed by atoms with Crippen LogP contribution in [-0.4, -0.2) is 28.0 Å². The van der Waals surface area contributed by atoms with Crippen LogP contribution >= 0.6 is 11.3 Å². The fourth-order valence-corrected chi connectivity index (χ4v) is 4.41. The molecule has 2 aromatic carbocycles. The maximum atomic E-state index is 12.7. The zero-order valence-corrected chi connectivity index (χ0v) is 16.6. The summed E-state index contributed by atoms with van der Waals surface area (Å²) in [6, 6.07) is 17.7. The zero-order valence-electron chi connectivity index (χ0n) is 15.8. The van der Waals surface area contributed by atoms with Crippen LogP contribution in [0.5, 0.6) is 5.75 Å². The number of para-hydroxylation sites is 1. The summed E-state index contributed by atoms with van der Waals surface area (Å²) in [6.45, 7) is 1.34. The highest BCUT2D eigenvalue weighted by molar-refractivity contribution is 7.07. The van der Waals surface area contributed by atoms with Gasteiger partial charge in [0.15, 0.2) is 4.80 Å². The maximum Gasteiger partial charge on any atom is 0.270 e. The second-order valence-electron chi connectivity index (χ2n) is 6.67. The number of nitrogens with zero attached hydrogens (tertiary/aromatic N) is 4. The van der Waals surface area contributed by atoms with Gasteiger partial charge >= 0.3 is 0 Å². The van der Waals surface area contributed by atoms with Gasteiger partial charge in [-0.05, 0) is 42.5 Å². The molecule has 6 nitrogen and oxygen atoms in total. The molecule has 0 N–H and O–H groups in total. The van der Waals surface area contributed by atoms with Crippen molar-refractivity contribution in [3.63, 3.8) is 0 Å². The number of hydrogen-bond donors (Lipinski definition) is 0. The van der Waals surface area contributed by atoms with Crippen molar-refractivity contribution in [3.8, 4) is 22.7 Å². The normalized spacial score (nSPS) is 13.3. The van der Waals surface area contributed by atoms with Gasteiger partial charge in [-0.3, -0.25) is 14.4 Å². The van der Waals surface area contributed by atoms with Gasteiger partial charge in [-0.1, -0.05) is 29.5 Å². The molecule has 0 amide bonds. The molecule has 0 unspecified atom stereocenters. The van der Waals surface area contributed by atoms with Crippen LogP contribution in [0.1, 0.15) is 5.56 Å². The Hall–Kier alpha value is -3.45. The van der Waals surface area contributed by atoms with E-state index in [0.29, 0.717) is 17.6 Å². The third kappa shape index (κ3) is 3.19. The molecule has 0 saturated heterocycles. The summed E-state index contributed by atoms with van der Waals surface area (Å²) in [5, 5.41) is 4.81. The van der Waals surface area contributed by atoms with E-state index in [4.69, 9.17) is 9.84 Å². The van der Waals surface area contributed by atoms with Crippen molar-refractivity contribution in [2.75, 3.05) is 13.7 Å². The van der Waals surface area contributed by atoms with Gasteiger partial charge in [-0.2, -0.15) is 5.10 Å². The van der Waals surface area contributed by atoms with Crippen molar-refractivity contribution < 1.29 is 4.74 Å². The van der Waals surface area contributed by atoms with Crippen LogP contribution in [0.3, 0.4) is 0 Å². The Morgan fingerprint density at radius 2 is 1.90 bits per heavy atom. The first-order chi connectivity index (χ1) is 14.2. The monoisotopic (exact) mass is 402 g/mol. The topological polar surface area (TPSA) is 61.4 Å². The molecule has 0 radical (unpaired) electrons. The Kier molecular flexibility index (Phi) is 4.37. The van der Waals surface area contributed by atoms with E-state index >= 15 is 0 Å². The molecular formula is C22H18N4O2S. The van der Waals surface area contributed by atoms with Crippen LogP contribution in [0.4, 0.5) is 0 Å². The lowest BCUT2D eigenvalue weighted by atomic mass is 10.1. The van der Waals surface area contributed by atoms with Crippen LogP contribution < -0.4 is 19.6 Å². The fourth-order valence-electron chi connectivity index (χ4n) is 3.39. The largest absolute Gasteiger partial charge is 0.497 e. The Labute approximate surface area is 170 Å². The van der Waals surface area contributed by atoms with Crippen molar-refractivity contribution in [2.24, 2.45) is 4.99 Å². The van der Waals surface area contributed by atoms with Crippen LogP contribution in [0.15, 0.2) is 70.6 Å². The molecule has 0 spiro atoms. The van der Waals surface area contributed by atoms with E-state index in [0.717, 1.165) is 33.1 Å². The fraction of sp³-hybridized carbons (Fsp3) is 0.136. The minimum absolute atomic E-state index is 0.0133. The summed E-state index contributed by atoms with van der Waals surface area (Å²) in [7, 11) is 1.65. The Morgan fingerprint density at radius 3 is 2.62 bits per heavy atom. The molecule has 4 aromatic rings. The summed E-state index contributed by atoms with van der Waals surface area (Å²) >= 11 is 1.43. The van der Waals surface area contributed by atoms with Crippen molar-refractivity contribution in [2.45, 2.75) is 6.54 Å². The van der Waals surface area contributed by atoms with Gasteiger partial charge in [0.25, 0.3) is 5.56 Å². The Bertz CT molecular complexity index is 1350. The molecule has 7 heteroatoms. The smallest absolute Gasteiger partial charge is 0.270 e. The van der Waals surface area contributed by atoms with E-state index in [9.17, 15) is 4.79 Å². The summed E-state index contributed by atoms with van der Waals surface area (Å²) < 4.78 is 9.52. The summed E-state index contributed by atoms with van der Waals surface area (Å²) in [5.41, 5.74) is 3.63. The quantitative estimate of drug-likeness (QED) is 0.526. The minimum Gasteiger partial charge on any atom is -0.497 e. The molecule has 0 atom stereocenters. The molecule has 2 aromatic heterocycles. The molecular weight excluding hydrogens is 384 g/mol. The number of rotatable bonds is 4. The number of fused-ring (bicyclic) bond motifs is 1. The van der Waals surface area contributed by atoms with Crippen LogP contribution in [0.2, 0.25) is 0 Å². The minimum atomic E-state index is 0.0133. The third-order valence-electron chi connectivity index (χ3n) is 4.87. The van der Waals surface area contributed by atoms with Gasteiger partial charge in [-0.25, -0.2) is 4.68 Å². The number of thiazole rings is 1. The van der Waals surface area contributed by atoms with Gasteiger partial charge in [0.2, 0.25) is 0 Å². The van der Waals surface area contributed by atoms with Gasteiger partial charge in [0.1, 0.15) is 11.4 Å². The second kappa shape index (κ2) is 7.18. The summed E-state index contributed by atoms with van der Waals surface area (Å²) in [4.78, 5) is 17.9. The predicted octanol–water partition coefficient (Wildman–Crippen LogP) is 2.23. The number of aromatic nitrogens is 3.